The number of fused-ring (bicyclic) bond motifs is 1. The first-order chi connectivity index (χ1) is 4.86. The Morgan fingerprint density at radius 3 is 3.30 bits per heavy atom. The van der Waals surface area contributed by atoms with E-state index < -0.39 is 0 Å². The van der Waals surface area contributed by atoms with E-state index in [2.05, 4.69) is 16.4 Å². The quantitative estimate of drug-likeness (QED) is 0.564. The molecule has 0 spiro atoms. The fourth-order valence-corrected chi connectivity index (χ4v) is 0.870. The number of benzene rings is 1. The summed E-state index contributed by atoms with van der Waals surface area (Å²) in [7, 11) is 0. The van der Waals surface area contributed by atoms with E-state index >= 15 is 0 Å². The highest BCUT2D eigenvalue weighted by Gasteiger charge is 1.95. The fraction of sp³-hybridized carbons (Fsp3) is 0. The molecule has 0 amide bonds. The standard InChI is InChI=1S/C7H5N2O/c10-6-1-2-7-5(3-6)4-8-9-7/h1-3,10H,(H,8,9). The van der Waals surface area contributed by atoms with Gasteiger partial charge in [0, 0.05) is 5.39 Å². The number of hydrogen-bond donors (Lipinski definition) is 2. The molecule has 1 heterocycles. The van der Waals surface area contributed by atoms with Crippen molar-refractivity contribution >= 4 is 10.9 Å². The number of phenols is 1. The predicted molar refractivity (Wildman–Crippen MR) is 36.6 cm³/mol. The van der Waals surface area contributed by atoms with E-state index in [9.17, 15) is 0 Å². The molecule has 0 saturated heterocycles. The van der Waals surface area contributed by atoms with Gasteiger partial charge in [-0.25, -0.2) is 0 Å². The van der Waals surface area contributed by atoms with Crippen LogP contribution in [0.15, 0.2) is 18.2 Å². The van der Waals surface area contributed by atoms with E-state index in [0.717, 1.165) is 10.9 Å². The van der Waals surface area contributed by atoms with Crippen molar-refractivity contribution < 1.29 is 5.11 Å². The zero-order valence-corrected chi connectivity index (χ0v) is 5.13. The maximum atomic E-state index is 8.99. The average molecular weight is 133 g/mol. The van der Waals surface area contributed by atoms with Crippen molar-refractivity contribution in [3.8, 4) is 5.75 Å². The molecule has 2 rings (SSSR count). The molecule has 2 aromatic rings. The molecule has 10 heavy (non-hydrogen) atoms. The van der Waals surface area contributed by atoms with Gasteiger partial charge in [-0.1, -0.05) is 0 Å². The van der Waals surface area contributed by atoms with Crippen LogP contribution in [0.2, 0.25) is 0 Å². The molecular formula is C7H5N2O. The third kappa shape index (κ3) is 0.639. The van der Waals surface area contributed by atoms with Crippen molar-refractivity contribution in [2.45, 2.75) is 0 Å². The summed E-state index contributed by atoms with van der Waals surface area (Å²) < 4.78 is 0. The zero-order valence-electron chi connectivity index (χ0n) is 5.13. The Hall–Kier alpha value is -1.51. The first-order valence-corrected chi connectivity index (χ1v) is 2.91. The van der Waals surface area contributed by atoms with Crippen molar-refractivity contribution in [3.05, 3.63) is 24.4 Å². The fourth-order valence-electron chi connectivity index (χ4n) is 0.870. The molecule has 1 aromatic heterocycles. The Labute approximate surface area is 57.3 Å². The summed E-state index contributed by atoms with van der Waals surface area (Å²) in [6.45, 7) is 0. The molecule has 0 fully saturated rings. The second-order valence-corrected chi connectivity index (χ2v) is 2.05. The first kappa shape index (κ1) is 5.29. The topological polar surface area (TPSA) is 48.9 Å². The highest BCUT2D eigenvalue weighted by molar-refractivity contribution is 5.78. The third-order valence-corrected chi connectivity index (χ3v) is 1.35. The number of nitrogens with one attached hydrogen (secondary N) is 1. The first-order valence-electron chi connectivity index (χ1n) is 2.91. The number of phenolic OH excluding ortho intramolecular Hbond substituents is 1. The lowest BCUT2D eigenvalue weighted by Gasteiger charge is -1.87. The number of aromatic nitrogens is 2. The Morgan fingerprint density at radius 2 is 2.40 bits per heavy atom. The van der Waals surface area contributed by atoms with Gasteiger partial charge in [-0.2, -0.15) is 5.10 Å². The average Bonchev–Trinajstić information content (AvgIpc) is 2.33. The van der Waals surface area contributed by atoms with E-state index in [-0.39, 0.29) is 5.75 Å². The minimum atomic E-state index is 0.241. The van der Waals surface area contributed by atoms with Gasteiger partial charge in [0.1, 0.15) is 5.75 Å². The van der Waals surface area contributed by atoms with Crippen LogP contribution in [0.3, 0.4) is 0 Å². The summed E-state index contributed by atoms with van der Waals surface area (Å²) in [4.78, 5) is 0. The van der Waals surface area contributed by atoms with Gasteiger partial charge in [-0.05, 0) is 18.2 Å². The molecule has 49 valence electrons. The summed E-state index contributed by atoms with van der Waals surface area (Å²) in [6, 6.07) is 4.94. The lowest BCUT2D eigenvalue weighted by atomic mass is 10.2. The van der Waals surface area contributed by atoms with Crippen LogP contribution in [0.25, 0.3) is 10.9 Å². The van der Waals surface area contributed by atoms with E-state index in [1.54, 1.807) is 18.2 Å². The van der Waals surface area contributed by atoms with Crippen molar-refractivity contribution in [1.29, 1.82) is 0 Å². The maximum Gasteiger partial charge on any atom is 0.116 e. The lowest BCUT2D eigenvalue weighted by molar-refractivity contribution is 0.476. The number of nitrogens with zero attached hydrogens (tertiary/aromatic N) is 1. The monoisotopic (exact) mass is 133 g/mol. The van der Waals surface area contributed by atoms with Crippen LogP contribution in [-0.2, 0) is 0 Å². The highest BCUT2D eigenvalue weighted by atomic mass is 16.3. The molecular weight excluding hydrogens is 128 g/mol. The maximum absolute atomic E-state index is 8.99. The van der Waals surface area contributed by atoms with E-state index in [4.69, 9.17) is 5.11 Å². The van der Waals surface area contributed by atoms with Crippen molar-refractivity contribution in [2.75, 3.05) is 0 Å². The van der Waals surface area contributed by atoms with Crippen LogP contribution < -0.4 is 0 Å². The van der Waals surface area contributed by atoms with Gasteiger partial charge in [0.15, 0.2) is 0 Å². The Morgan fingerprint density at radius 1 is 1.50 bits per heavy atom. The summed E-state index contributed by atoms with van der Waals surface area (Å²) >= 11 is 0. The lowest BCUT2D eigenvalue weighted by Crippen LogP contribution is -1.66. The van der Waals surface area contributed by atoms with Crippen LogP contribution in [-0.4, -0.2) is 15.3 Å². The summed E-state index contributed by atoms with van der Waals surface area (Å²) in [6.07, 6.45) is 2.76. The minimum Gasteiger partial charge on any atom is -0.508 e. The molecule has 3 heteroatoms. The van der Waals surface area contributed by atoms with Crippen molar-refractivity contribution in [1.82, 2.24) is 10.2 Å². The van der Waals surface area contributed by atoms with Crippen LogP contribution in [0.4, 0.5) is 0 Å². The van der Waals surface area contributed by atoms with Gasteiger partial charge in [-0.3, -0.25) is 5.10 Å². The van der Waals surface area contributed by atoms with Gasteiger partial charge >= 0.3 is 0 Å². The Bertz CT molecular complexity index is 353. The molecule has 2 N–H and O–H groups in total. The molecule has 0 unspecified atom stereocenters. The minimum absolute atomic E-state index is 0.241. The normalized spacial score (nSPS) is 10.4. The molecule has 1 aromatic carbocycles. The molecule has 0 saturated carbocycles. The van der Waals surface area contributed by atoms with Gasteiger partial charge < -0.3 is 5.11 Å². The van der Waals surface area contributed by atoms with E-state index in [1.165, 1.54) is 0 Å². The van der Waals surface area contributed by atoms with Crippen LogP contribution in [0, 0.1) is 6.20 Å². The van der Waals surface area contributed by atoms with E-state index in [0.29, 0.717) is 0 Å². The molecule has 0 bridgehead atoms. The summed E-state index contributed by atoms with van der Waals surface area (Å²) in [5, 5.41) is 16.2. The molecule has 0 aliphatic carbocycles. The largest absolute Gasteiger partial charge is 0.508 e. The molecule has 1 radical (unpaired) electrons. The number of aromatic amines is 1. The molecule has 0 aliphatic rings. The number of hydrogen-bond acceptors (Lipinski definition) is 2. The number of rotatable bonds is 0. The van der Waals surface area contributed by atoms with Crippen LogP contribution in [0.5, 0.6) is 5.75 Å². The third-order valence-electron chi connectivity index (χ3n) is 1.35. The predicted octanol–water partition coefficient (Wildman–Crippen LogP) is 1.07. The second kappa shape index (κ2) is 1.73. The Kier molecular flexibility index (Phi) is 0.917. The van der Waals surface area contributed by atoms with Gasteiger partial charge in [0.2, 0.25) is 0 Å². The smallest absolute Gasteiger partial charge is 0.116 e. The molecule has 0 atom stereocenters. The highest BCUT2D eigenvalue weighted by Crippen LogP contribution is 2.15. The van der Waals surface area contributed by atoms with Gasteiger partial charge in [0.05, 0.1) is 11.7 Å². The molecule has 3 nitrogen and oxygen atoms in total. The Balaban J connectivity index is 2.86. The van der Waals surface area contributed by atoms with E-state index in [1.807, 2.05) is 0 Å². The number of H-pyrrole nitrogens is 1. The van der Waals surface area contributed by atoms with Crippen LogP contribution in [0.1, 0.15) is 0 Å². The van der Waals surface area contributed by atoms with Crippen molar-refractivity contribution in [2.24, 2.45) is 0 Å². The van der Waals surface area contributed by atoms with Gasteiger partial charge in [-0.15, -0.1) is 0 Å². The second-order valence-electron chi connectivity index (χ2n) is 2.05. The zero-order chi connectivity index (χ0) is 6.97. The summed E-state index contributed by atoms with van der Waals surface area (Å²) in [5.41, 5.74) is 0.817. The van der Waals surface area contributed by atoms with Crippen LogP contribution >= 0.6 is 0 Å². The SMILES string of the molecule is Oc1ccc2n[nH][c]c2c1. The number of aromatic hydroxyl groups is 1. The van der Waals surface area contributed by atoms with Gasteiger partial charge in [0.25, 0.3) is 0 Å². The summed E-state index contributed by atoms with van der Waals surface area (Å²) in [5.74, 6) is 0.241. The van der Waals surface area contributed by atoms with Crippen molar-refractivity contribution in [3.63, 3.8) is 0 Å². The molecule has 0 aliphatic heterocycles.